The molecule has 1 saturated heterocycles. The summed E-state index contributed by atoms with van der Waals surface area (Å²) < 4.78 is 5.36. The molecule has 0 spiro atoms. The third kappa shape index (κ3) is 4.51. The number of anilines is 1. The number of benzene rings is 1. The Morgan fingerprint density at radius 3 is 2.83 bits per heavy atom. The number of thiophene rings is 1. The van der Waals surface area contributed by atoms with Gasteiger partial charge < -0.3 is 15.0 Å². The third-order valence-corrected chi connectivity index (χ3v) is 5.19. The lowest BCUT2D eigenvalue weighted by atomic mass is 9.92. The van der Waals surface area contributed by atoms with Gasteiger partial charge in [-0.2, -0.15) is 11.3 Å². The minimum Gasteiger partial charge on any atom is -0.445 e. The first-order valence-electron chi connectivity index (χ1n) is 8.49. The average Bonchev–Trinajstić information content (AvgIpc) is 3.15. The molecule has 1 amide bonds. The van der Waals surface area contributed by atoms with Crippen LogP contribution in [0.5, 0.6) is 0 Å². The first-order valence-corrected chi connectivity index (χ1v) is 9.43. The van der Waals surface area contributed by atoms with E-state index in [9.17, 15) is 4.79 Å². The number of rotatable bonds is 5. The maximum absolute atomic E-state index is 12.1. The van der Waals surface area contributed by atoms with Gasteiger partial charge >= 0.3 is 6.09 Å². The van der Waals surface area contributed by atoms with Crippen LogP contribution in [0.2, 0.25) is 0 Å². The molecule has 1 N–H and O–H groups in total. The molecule has 1 aromatic heterocycles. The highest BCUT2D eigenvalue weighted by atomic mass is 32.1. The Balaban J connectivity index is 1.54. The Morgan fingerprint density at radius 2 is 2.12 bits per heavy atom. The van der Waals surface area contributed by atoms with Crippen LogP contribution >= 0.6 is 11.3 Å². The third-order valence-electron chi connectivity index (χ3n) is 4.52. The number of alkyl carbamates (subject to hydrolysis) is 1. The van der Waals surface area contributed by atoms with Gasteiger partial charge in [0.15, 0.2) is 0 Å². The lowest BCUT2D eigenvalue weighted by molar-refractivity contribution is 0.132. The summed E-state index contributed by atoms with van der Waals surface area (Å²) in [6.07, 6.45) is 1.81. The molecular weight excluding hydrogens is 320 g/mol. The summed E-state index contributed by atoms with van der Waals surface area (Å²) in [4.78, 5) is 14.5. The lowest BCUT2D eigenvalue weighted by Crippen LogP contribution is -2.51. The maximum atomic E-state index is 12.1. The van der Waals surface area contributed by atoms with E-state index in [1.807, 2.05) is 30.3 Å². The van der Waals surface area contributed by atoms with Crippen molar-refractivity contribution in [2.45, 2.75) is 32.4 Å². The summed E-state index contributed by atoms with van der Waals surface area (Å²) in [5.74, 6) is 0.595. The van der Waals surface area contributed by atoms with E-state index < -0.39 is 0 Å². The van der Waals surface area contributed by atoms with Crippen molar-refractivity contribution < 1.29 is 9.53 Å². The second-order valence-electron chi connectivity index (χ2n) is 6.30. The first kappa shape index (κ1) is 16.8. The van der Waals surface area contributed by atoms with Crippen LogP contribution in [0.1, 0.15) is 25.3 Å². The summed E-state index contributed by atoms with van der Waals surface area (Å²) in [5.41, 5.74) is 2.25. The van der Waals surface area contributed by atoms with Crippen molar-refractivity contribution in [2.75, 3.05) is 18.0 Å². The van der Waals surface area contributed by atoms with E-state index in [1.54, 1.807) is 11.3 Å². The molecule has 5 heteroatoms. The molecule has 24 heavy (non-hydrogen) atoms. The summed E-state index contributed by atoms with van der Waals surface area (Å²) >= 11 is 1.71. The van der Waals surface area contributed by atoms with Crippen LogP contribution in [0, 0.1) is 5.92 Å². The van der Waals surface area contributed by atoms with Crippen LogP contribution < -0.4 is 10.2 Å². The fourth-order valence-corrected chi connectivity index (χ4v) is 3.85. The highest BCUT2D eigenvalue weighted by Crippen LogP contribution is 2.26. The van der Waals surface area contributed by atoms with E-state index in [-0.39, 0.29) is 12.1 Å². The van der Waals surface area contributed by atoms with Gasteiger partial charge in [-0.05, 0) is 29.3 Å². The van der Waals surface area contributed by atoms with Gasteiger partial charge in [-0.3, -0.25) is 0 Å². The fourth-order valence-electron chi connectivity index (χ4n) is 3.18. The Morgan fingerprint density at radius 1 is 1.29 bits per heavy atom. The number of piperidine rings is 1. The van der Waals surface area contributed by atoms with Crippen molar-refractivity contribution in [3.8, 4) is 0 Å². The molecule has 0 radical (unpaired) electrons. The molecule has 128 valence electrons. The predicted molar refractivity (Wildman–Crippen MR) is 98.5 cm³/mol. The van der Waals surface area contributed by atoms with Gasteiger partial charge in [-0.1, -0.05) is 43.7 Å². The molecule has 0 saturated carbocycles. The number of nitrogens with zero attached hydrogens (tertiary/aromatic N) is 1. The first-order chi connectivity index (χ1) is 11.7. The highest BCUT2D eigenvalue weighted by molar-refractivity contribution is 7.08. The molecule has 2 atom stereocenters. The SMILES string of the molecule is CCC1CC(NC(=O)OCc2ccccc2)CN(c2ccsc2)C1. The van der Waals surface area contributed by atoms with Crippen molar-refractivity contribution >= 4 is 23.1 Å². The van der Waals surface area contributed by atoms with Crippen LogP contribution in [-0.4, -0.2) is 25.2 Å². The minimum absolute atomic E-state index is 0.131. The normalized spacial score (nSPS) is 20.6. The van der Waals surface area contributed by atoms with Crippen LogP contribution in [0.15, 0.2) is 47.2 Å². The van der Waals surface area contributed by atoms with Gasteiger partial charge in [0.25, 0.3) is 0 Å². The molecule has 2 aromatic rings. The molecule has 0 bridgehead atoms. The Hall–Kier alpha value is -2.01. The van der Waals surface area contributed by atoms with Crippen molar-refractivity contribution in [1.82, 2.24) is 5.32 Å². The molecule has 1 aliphatic heterocycles. The zero-order valence-electron chi connectivity index (χ0n) is 14.0. The average molecular weight is 344 g/mol. The fraction of sp³-hybridized carbons (Fsp3) is 0.421. The van der Waals surface area contributed by atoms with Gasteiger partial charge in [-0.25, -0.2) is 4.79 Å². The van der Waals surface area contributed by atoms with Crippen molar-refractivity contribution in [3.05, 3.63) is 52.7 Å². The molecule has 2 unspecified atom stereocenters. The van der Waals surface area contributed by atoms with Gasteiger partial charge in [0.05, 0.1) is 6.04 Å². The Bertz CT molecular complexity index is 630. The molecule has 1 fully saturated rings. The Labute approximate surface area is 147 Å². The lowest BCUT2D eigenvalue weighted by Gasteiger charge is -2.38. The number of carbonyl (C=O) groups is 1. The monoisotopic (exact) mass is 344 g/mol. The molecule has 0 aliphatic carbocycles. The predicted octanol–water partition coefficient (Wildman–Crippen LogP) is 4.28. The zero-order valence-corrected chi connectivity index (χ0v) is 14.8. The molecule has 1 aromatic carbocycles. The maximum Gasteiger partial charge on any atom is 0.407 e. The van der Waals surface area contributed by atoms with Crippen LogP contribution in [0.4, 0.5) is 10.5 Å². The standard InChI is InChI=1S/C19H24N2O2S/c1-2-15-10-17(12-21(11-15)18-8-9-24-14-18)20-19(22)23-13-16-6-4-3-5-7-16/h3-9,14-15,17H,2,10-13H2,1H3,(H,20,22). The molecule has 2 heterocycles. The molecule has 3 rings (SSSR count). The van der Waals surface area contributed by atoms with Crippen LogP contribution in [0.3, 0.4) is 0 Å². The zero-order chi connectivity index (χ0) is 16.8. The van der Waals surface area contributed by atoms with Crippen LogP contribution in [0.25, 0.3) is 0 Å². The number of amides is 1. The minimum atomic E-state index is -0.328. The summed E-state index contributed by atoms with van der Waals surface area (Å²) in [7, 11) is 0. The van der Waals surface area contributed by atoms with Crippen molar-refractivity contribution in [1.29, 1.82) is 0 Å². The van der Waals surface area contributed by atoms with Crippen molar-refractivity contribution in [3.63, 3.8) is 0 Å². The highest BCUT2D eigenvalue weighted by Gasteiger charge is 2.28. The summed E-state index contributed by atoms with van der Waals surface area (Å²) in [5, 5.41) is 7.31. The number of ether oxygens (including phenoxy) is 1. The molecule has 1 aliphatic rings. The summed E-state index contributed by atoms with van der Waals surface area (Å²) in [6, 6.07) is 12.0. The van der Waals surface area contributed by atoms with E-state index >= 15 is 0 Å². The topological polar surface area (TPSA) is 41.6 Å². The molecule has 4 nitrogen and oxygen atoms in total. The largest absolute Gasteiger partial charge is 0.445 e. The second-order valence-corrected chi connectivity index (χ2v) is 7.08. The van der Waals surface area contributed by atoms with E-state index in [4.69, 9.17) is 4.74 Å². The number of nitrogens with one attached hydrogen (secondary N) is 1. The van der Waals surface area contributed by atoms with Crippen molar-refractivity contribution in [2.24, 2.45) is 5.92 Å². The van der Waals surface area contributed by atoms with E-state index in [2.05, 4.69) is 34.0 Å². The van der Waals surface area contributed by atoms with Crippen LogP contribution in [-0.2, 0) is 11.3 Å². The second kappa shape index (κ2) is 8.20. The van der Waals surface area contributed by atoms with Gasteiger partial charge in [-0.15, -0.1) is 0 Å². The number of hydrogen-bond donors (Lipinski definition) is 1. The van der Waals surface area contributed by atoms with E-state index in [0.29, 0.717) is 12.5 Å². The van der Waals surface area contributed by atoms with E-state index in [0.717, 1.165) is 31.5 Å². The Kier molecular flexibility index (Phi) is 5.75. The number of hydrogen-bond acceptors (Lipinski definition) is 4. The van der Waals surface area contributed by atoms with E-state index in [1.165, 1.54) is 5.69 Å². The summed E-state index contributed by atoms with van der Waals surface area (Å²) in [6.45, 7) is 4.43. The quantitative estimate of drug-likeness (QED) is 0.880. The number of carbonyl (C=O) groups excluding carboxylic acids is 1. The van der Waals surface area contributed by atoms with Gasteiger partial charge in [0, 0.05) is 24.2 Å². The molecular formula is C19H24N2O2S. The van der Waals surface area contributed by atoms with Gasteiger partial charge in [0.2, 0.25) is 0 Å². The van der Waals surface area contributed by atoms with Gasteiger partial charge in [0.1, 0.15) is 6.61 Å². The smallest absolute Gasteiger partial charge is 0.407 e.